The van der Waals surface area contributed by atoms with Crippen molar-refractivity contribution in [1.82, 2.24) is 19.2 Å². The van der Waals surface area contributed by atoms with Crippen molar-refractivity contribution >= 4 is 44.0 Å². The summed E-state index contributed by atoms with van der Waals surface area (Å²) in [6.07, 6.45) is 1.88. The first-order valence-corrected chi connectivity index (χ1v) is 12.6. The van der Waals surface area contributed by atoms with E-state index in [1.54, 1.807) is 11.9 Å². The van der Waals surface area contributed by atoms with Crippen LogP contribution < -0.4 is 9.62 Å². The lowest BCUT2D eigenvalue weighted by Crippen LogP contribution is -2.35. The van der Waals surface area contributed by atoms with Gasteiger partial charge in [0.25, 0.3) is 10.0 Å². The molecule has 0 spiro atoms. The van der Waals surface area contributed by atoms with Crippen molar-refractivity contribution in [3.63, 3.8) is 0 Å². The van der Waals surface area contributed by atoms with E-state index in [-0.39, 0.29) is 16.9 Å². The van der Waals surface area contributed by atoms with Gasteiger partial charge in [-0.05, 0) is 25.5 Å². The molecule has 1 atom stereocenters. The lowest BCUT2D eigenvalue weighted by atomic mass is 10.2. The fourth-order valence-corrected chi connectivity index (χ4v) is 5.98. The lowest BCUT2D eigenvalue weighted by Gasteiger charge is -2.28. The largest absolute Gasteiger partial charge is 0.369 e. The van der Waals surface area contributed by atoms with E-state index in [2.05, 4.69) is 19.2 Å². The second-order valence-corrected chi connectivity index (χ2v) is 10.5. The van der Waals surface area contributed by atoms with Crippen LogP contribution >= 0.6 is 23.1 Å². The minimum absolute atomic E-state index is 0.0620. The lowest BCUT2D eigenvalue weighted by molar-refractivity contribution is 0.321. The Bertz CT molecular complexity index is 1260. The van der Waals surface area contributed by atoms with Crippen LogP contribution in [0.4, 0.5) is 19.6 Å². The molecule has 8 nitrogen and oxygen atoms in total. The van der Waals surface area contributed by atoms with E-state index >= 15 is 4.39 Å². The maximum absolute atomic E-state index is 15.0. The zero-order chi connectivity index (χ0) is 23.8. The molecule has 0 bridgehead atoms. The number of rotatable bonds is 7. The summed E-state index contributed by atoms with van der Waals surface area (Å²) in [5.74, 6) is -2.59. The zero-order valence-corrected chi connectivity index (χ0v) is 20.2. The van der Waals surface area contributed by atoms with Gasteiger partial charge in [0.2, 0.25) is 5.13 Å². The average molecular weight is 515 g/mol. The highest BCUT2D eigenvalue weighted by molar-refractivity contribution is 7.93. The number of likely N-dealkylation sites (N-methyl/N-ethyl adjacent to an activating group) is 1. The number of anilines is 2. The van der Waals surface area contributed by atoms with Gasteiger partial charge in [-0.2, -0.15) is 4.37 Å². The molecule has 0 aliphatic carbocycles. The second-order valence-electron chi connectivity index (χ2n) is 7.75. The van der Waals surface area contributed by atoms with E-state index in [4.69, 9.17) is 11.6 Å². The number of aryl methyl sites for hydroxylation is 1. The normalized spacial score (nSPS) is 16.8. The average Bonchev–Trinajstić information content (AvgIpc) is 3.42. The van der Waals surface area contributed by atoms with E-state index in [0.29, 0.717) is 13.1 Å². The zero-order valence-electron chi connectivity index (χ0n) is 17.8. The number of sulfonamides is 1. The van der Waals surface area contributed by atoms with E-state index < -0.39 is 31.6 Å². The summed E-state index contributed by atoms with van der Waals surface area (Å²) in [5, 5.41) is -0.574. The van der Waals surface area contributed by atoms with Crippen molar-refractivity contribution in [2.24, 2.45) is 0 Å². The minimum atomic E-state index is -4.59. The SMILES string of the molecule is Cc1cccc(CN2CCC(N(C)c3cc(F)c(S(=O)(=O)Nc4ncns4)c(F)c3Cl)C2)n1. The quantitative estimate of drug-likeness (QED) is 0.481. The van der Waals surface area contributed by atoms with E-state index in [9.17, 15) is 12.8 Å². The molecule has 176 valence electrons. The number of halogens is 3. The van der Waals surface area contributed by atoms with Crippen molar-refractivity contribution in [3.05, 3.63) is 58.6 Å². The highest BCUT2D eigenvalue weighted by Gasteiger charge is 2.32. The number of pyridine rings is 1. The molecule has 1 aliphatic heterocycles. The van der Waals surface area contributed by atoms with Gasteiger partial charge >= 0.3 is 0 Å². The summed E-state index contributed by atoms with van der Waals surface area (Å²) in [6, 6.07) is 6.74. The summed E-state index contributed by atoms with van der Waals surface area (Å²) in [6.45, 7) is 4.02. The molecule has 0 radical (unpaired) electrons. The molecule has 3 aromatic rings. The van der Waals surface area contributed by atoms with Crippen LogP contribution in [-0.4, -0.2) is 53.8 Å². The van der Waals surface area contributed by atoms with Gasteiger partial charge in [0.1, 0.15) is 17.2 Å². The summed E-state index contributed by atoms with van der Waals surface area (Å²) >= 11 is 6.93. The fraction of sp³-hybridized carbons (Fsp3) is 0.350. The van der Waals surface area contributed by atoms with Crippen molar-refractivity contribution in [2.75, 3.05) is 29.8 Å². The van der Waals surface area contributed by atoms with Crippen molar-refractivity contribution in [2.45, 2.75) is 30.8 Å². The summed E-state index contributed by atoms with van der Waals surface area (Å²) in [4.78, 5) is 10.9. The Kier molecular flexibility index (Phi) is 6.80. The number of hydrogen-bond acceptors (Lipinski definition) is 8. The monoisotopic (exact) mass is 514 g/mol. The molecule has 13 heteroatoms. The summed E-state index contributed by atoms with van der Waals surface area (Å²) in [5.41, 5.74) is 1.97. The molecule has 4 rings (SSSR count). The first kappa shape index (κ1) is 23.7. The van der Waals surface area contributed by atoms with E-state index in [0.717, 1.165) is 48.3 Å². The highest BCUT2D eigenvalue weighted by atomic mass is 35.5. The first-order valence-electron chi connectivity index (χ1n) is 10.0. The maximum Gasteiger partial charge on any atom is 0.269 e. The van der Waals surface area contributed by atoms with Gasteiger partial charge in [0, 0.05) is 56.0 Å². The van der Waals surface area contributed by atoms with Crippen LogP contribution in [0.3, 0.4) is 0 Å². The summed E-state index contributed by atoms with van der Waals surface area (Å²) < 4.78 is 60.6. The molecule has 1 saturated heterocycles. The number of nitrogens with zero attached hydrogens (tertiary/aromatic N) is 5. The maximum atomic E-state index is 15.0. The third kappa shape index (κ3) is 5.08. The molecule has 33 heavy (non-hydrogen) atoms. The van der Waals surface area contributed by atoms with Crippen LogP contribution in [0.15, 0.2) is 35.5 Å². The number of hydrogen-bond donors (Lipinski definition) is 1. The smallest absolute Gasteiger partial charge is 0.269 e. The third-order valence-electron chi connectivity index (χ3n) is 5.46. The highest BCUT2D eigenvalue weighted by Crippen LogP contribution is 2.36. The van der Waals surface area contributed by atoms with Crippen molar-refractivity contribution in [1.29, 1.82) is 0 Å². The van der Waals surface area contributed by atoms with Crippen LogP contribution in [-0.2, 0) is 16.6 Å². The Hall–Kier alpha value is -2.41. The Balaban J connectivity index is 1.53. The second kappa shape index (κ2) is 9.45. The molecule has 0 saturated carbocycles. The Labute approximate surface area is 199 Å². The van der Waals surface area contributed by atoms with Gasteiger partial charge in [0.15, 0.2) is 10.7 Å². The van der Waals surface area contributed by atoms with Crippen molar-refractivity contribution in [3.8, 4) is 0 Å². The van der Waals surface area contributed by atoms with E-state index in [1.807, 2.05) is 29.8 Å². The molecular weight excluding hydrogens is 494 g/mol. The predicted octanol–water partition coefficient (Wildman–Crippen LogP) is 3.68. The van der Waals surface area contributed by atoms with Crippen LogP contribution in [0, 0.1) is 18.6 Å². The molecule has 1 fully saturated rings. The molecule has 1 N–H and O–H groups in total. The predicted molar refractivity (Wildman–Crippen MR) is 123 cm³/mol. The molecule has 1 aliphatic rings. The number of nitrogens with one attached hydrogen (secondary N) is 1. The molecule has 1 aromatic carbocycles. The van der Waals surface area contributed by atoms with Gasteiger partial charge in [-0.1, -0.05) is 17.7 Å². The van der Waals surface area contributed by atoms with Crippen LogP contribution in [0.5, 0.6) is 0 Å². The first-order chi connectivity index (χ1) is 15.7. The van der Waals surface area contributed by atoms with Gasteiger partial charge in [-0.25, -0.2) is 22.2 Å². The third-order valence-corrected chi connectivity index (χ3v) is 7.90. The Morgan fingerprint density at radius 1 is 1.36 bits per heavy atom. The van der Waals surface area contributed by atoms with E-state index in [1.165, 1.54) is 0 Å². The fourth-order valence-electron chi connectivity index (χ4n) is 3.84. The van der Waals surface area contributed by atoms with Gasteiger partial charge in [-0.15, -0.1) is 0 Å². The van der Waals surface area contributed by atoms with Gasteiger partial charge in [-0.3, -0.25) is 14.6 Å². The number of likely N-dealkylation sites (tertiary alicyclic amines) is 1. The molecule has 1 unspecified atom stereocenters. The number of benzene rings is 1. The molecular formula is C20H21ClF2N6O2S2. The van der Waals surface area contributed by atoms with Crippen molar-refractivity contribution < 1.29 is 17.2 Å². The summed E-state index contributed by atoms with van der Waals surface area (Å²) in [7, 11) is -2.90. The topological polar surface area (TPSA) is 91.3 Å². The standard InChI is InChI=1S/C20H21ClF2N6O2S2/c1-12-4-3-5-13(26-12)9-29-7-6-14(10-29)28(2)16-8-15(22)19(18(23)17(16)21)33(30,31)27-20-24-11-25-32-20/h3-5,8,11,14H,6-7,9-10H2,1-2H3,(H,24,25,27). The van der Waals surface area contributed by atoms with Crippen LogP contribution in [0.1, 0.15) is 17.8 Å². The Morgan fingerprint density at radius 3 is 2.85 bits per heavy atom. The Morgan fingerprint density at radius 2 is 2.15 bits per heavy atom. The van der Waals surface area contributed by atoms with Crippen LogP contribution in [0.2, 0.25) is 5.02 Å². The molecule has 2 aromatic heterocycles. The minimum Gasteiger partial charge on any atom is -0.369 e. The molecule has 0 amide bonds. The molecule has 3 heterocycles. The van der Waals surface area contributed by atoms with Gasteiger partial charge in [0.05, 0.1) is 11.4 Å². The van der Waals surface area contributed by atoms with Gasteiger partial charge < -0.3 is 4.90 Å². The number of aromatic nitrogens is 3. The van der Waals surface area contributed by atoms with Crippen LogP contribution in [0.25, 0.3) is 0 Å².